The molecule has 0 aliphatic carbocycles. The zero-order valence-corrected chi connectivity index (χ0v) is 17.6. The molecule has 0 atom stereocenters. The van der Waals surface area contributed by atoms with E-state index in [1.807, 2.05) is 32.9 Å². The Morgan fingerprint density at radius 3 is 2.67 bits per heavy atom. The number of hydrogen-bond donors (Lipinski definition) is 1. The van der Waals surface area contributed by atoms with Gasteiger partial charge in [0.25, 0.3) is 11.8 Å². The maximum absolute atomic E-state index is 13.3. The van der Waals surface area contributed by atoms with Crippen molar-refractivity contribution in [3.63, 3.8) is 0 Å². The van der Waals surface area contributed by atoms with Crippen LogP contribution < -0.4 is 24.4 Å². The molecule has 30 heavy (non-hydrogen) atoms. The number of nitrogens with one attached hydrogen (secondary N) is 1. The predicted molar refractivity (Wildman–Crippen MR) is 116 cm³/mol. The summed E-state index contributed by atoms with van der Waals surface area (Å²) in [6, 6.07) is 8.98. The summed E-state index contributed by atoms with van der Waals surface area (Å²) in [6.07, 6.45) is 1.49. The smallest absolute Gasteiger partial charge is 0.270 e. The number of ether oxygens (including phenoxy) is 3. The van der Waals surface area contributed by atoms with Gasteiger partial charge in [0.15, 0.2) is 16.6 Å². The highest BCUT2D eigenvalue weighted by Gasteiger charge is 2.35. The quantitative estimate of drug-likeness (QED) is 0.461. The van der Waals surface area contributed by atoms with Crippen molar-refractivity contribution >= 4 is 40.9 Å². The number of thiocarbonyl (C=S) groups is 1. The van der Waals surface area contributed by atoms with Gasteiger partial charge in [0.1, 0.15) is 11.3 Å². The Hall–Kier alpha value is -3.39. The summed E-state index contributed by atoms with van der Waals surface area (Å²) in [5, 5.41) is 2.66. The van der Waals surface area contributed by atoms with Crippen molar-refractivity contribution in [1.29, 1.82) is 0 Å². The Morgan fingerprint density at radius 1 is 1.20 bits per heavy atom. The molecule has 1 N–H and O–H groups in total. The van der Waals surface area contributed by atoms with Gasteiger partial charge in [0, 0.05) is 11.6 Å². The van der Waals surface area contributed by atoms with Crippen LogP contribution >= 0.6 is 12.2 Å². The summed E-state index contributed by atoms with van der Waals surface area (Å²) < 4.78 is 16.5. The van der Waals surface area contributed by atoms with Crippen LogP contribution in [0.5, 0.6) is 17.2 Å². The van der Waals surface area contributed by atoms with E-state index in [-0.39, 0.29) is 17.5 Å². The van der Waals surface area contributed by atoms with E-state index < -0.39 is 11.8 Å². The van der Waals surface area contributed by atoms with Crippen molar-refractivity contribution in [2.24, 2.45) is 0 Å². The molecule has 0 aromatic heterocycles. The van der Waals surface area contributed by atoms with Gasteiger partial charge in [0.2, 0.25) is 6.79 Å². The van der Waals surface area contributed by atoms with Gasteiger partial charge in [-0.3, -0.25) is 19.8 Å². The molecule has 2 aromatic rings. The number of anilines is 1. The molecule has 2 amide bonds. The summed E-state index contributed by atoms with van der Waals surface area (Å²) in [7, 11) is 0. The normalized spacial score (nSPS) is 16.8. The standard InChI is InChI=1S/C22H20N2O5S/c1-4-27-17-10-19-18(28-11-29-19)9-14(17)8-15-20(25)23-22(30)24(21(15)26)16-7-5-6-12(2)13(16)3/h5-10H,4,11H2,1-3H3,(H,23,25,30)/b15-8-. The van der Waals surface area contributed by atoms with E-state index in [9.17, 15) is 9.59 Å². The average molecular weight is 424 g/mol. The number of nitrogens with zero attached hydrogens (tertiary/aromatic N) is 1. The molecule has 0 radical (unpaired) electrons. The third-order valence-electron chi connectivity index (χ3n) is 5.02. The second-order valence-corrected chi connectivity index (χ2v) is 7.24. The van der Waals surface area contributed by atoms with E-state index in [1.54, 1.807) is 18.2 Å². The van der Waals surface area contributed by atoms with Crippen LogP contribution in [0.15, 0.2) is 35.9 Å². The molecule has 0 saturated carbocycles. The highest BCUT2D eigenvalue weighted by atomic mass is 32.1. The lowest BCUT2D eigenvalue weighted by Crippen LogP contribution is -2.54. The fraction of sp³-hybridized carbons (Fsp3) is 0.227. The van der Waals surface area contributed by atoms with Crippen molar-refractivity contribution in [3.8, 4) is 17.2 Å². The van der Waals surface area contributed by atoms with Crippen LogP contribution in [0.2, 0.25) is 0 Å². The molecular formula is C22H20N2O5S. The topological polar surface area (TPSA) is 77.1 Å². The Kier molecular flexibility index (Phi) is 5.17. The molecule has 2 aliphatic rings. The number of hydrogen-bond acceptors (Lipinski definition) is 6. The lowest BCUT2D eigenvalue weighted by molar-refractivity contribution is -0.122. The molecule has 2 aliphatic heterocycles. The molecule has 2 aromatic carbocycles. The van der Waals surface area contributed by atoms with Crippen molar-refractivity contribution in [1.82, 2.24) is 5.32 Å². The summed E-state index contributed by atoms with van der Waals surface area (Å²) in [4.78, 5) is 27.3. The maximum Gasteiger partial charge on any atom is 0.270 e. The van der Waals surface area contributed by atoms with Crippen LogP contribution in [-0.2, 0) is 9.59 Å². The first-order valence-corrected chi connectivity index (χ1v) is 9.85. The minimum absolute atomic E-state index is 0.0477. The van der Waals surface area contributed by atoms with E-state index in [0.717, 1.165) is 11.1 Å². The molecule has 154 valence electrons. The molecule has 0 spiro atoms. The van der Waals surface area contributed by atoms with E-state index in [1.165, 1.54) is 11.0 Å². The van der Waals surface area contributed by atoms with Gasteiger partial charge in [0.05, 0.1) is 12.3 Å². The molecule has 2 heterocycles. The maximum atomic E-state index is 13.3. The number of rotatable bonds is 4. The highest BCUT2D eigenvalue weighted by molar-refractivity contribution is 7.80. The average Bonchev–Trinajstić information content (AvgIpc) is 3.15. The van der Waals surface area contributed by atoms with Crippen molar-refractivity contribution < 1.29 is 23.8 Å². The zero-order valence-electron chi connectivity index (χ0n) is 16.8. The molecular weight excluding hydrogens is 404 g/mol. The van der Waals surface area contributed by atoms with Gasteiger partial charge >= 0.3 is 0 Å². The minimum atomic E-state index is -0.563. The Labute approximate surface area is 179 Å². The first kappa shape index (κ1) is 19.9. The number of carbonyl (C=O) groups excluding carboxylic acids is 2. The monoisotopic (exact) mass is 424 g/mol. The van der Waals surface area contributed by atoms with Gasteiger partial charge < -0.3 is 14.2 Å². The van der Waals surface area contributed by atoms with Gasteiger partial charge in [-0.05, 0) is 62.3 Å². The summed E-state index contributed by atoms with van der Waals surface area (Å²) in [6.45, 7) is 6.22. The first-order valence-electron chi connectivity index (χ1n) is 9.44. The SMILES string of the molecule is CCOc1cc2c(cc1/C=C1/C(=O)NC(=S)N(c3cccc(C)c3C)C1=O)OCO2. The third-order valence-corrected chi connectivity index (χ3v) is 5.31. The van der Waals surface area contributed by atoms with E-state index in [2.05, 4.69) is 5.32 Å². The van der Waals surface area contributed by atoms with Crippen LogP contribution in [-0.4, -0.2) is 30.3 Å². The molecule has 4 rings (SSSR count). The lowest BCUT2D eigenvalue weighted by atomic mass is 10.0. The molecule has 1 fully saturated rings. The van der Waals surface area contributed by atoms with Crippen LogP contribution in [0.25, 0.3) is 6.08 Å². The second-order valence-electron chi connectivity index (χ2n) is 6.85. The van der Waals surface area contributed by atoms with E-state index in [0.29, 0.717) is 35.1 Å². The Morgan fingerprint density at radius 2 is 1.93 bits per heavy atom. The largest absolute Gasteiger partial charge is 0.493 e. The van der Waals surface area contributed by atoms with Crippen molar-refractivity contribution in [3.05, 3.63) is 52.6 Å². The van der Waals surface area contributed by atoms with Gasteiger partial charge in [-0.2, -0.15) is 0 Å². The molecule has 1 saturated heterocycles. The van der Waals surface area contributed by atoms with Crippen molar-refractivity contribution in [2.45, 2.75) is 20.8 Å². The fourth-order valence-electron chi connectivity index (χ4n) is 3.34. The highest BCUT2D eigenvalue weighted by Crippen LogP contribution is 2.39. The summed E-state index contributed by atoms with van der Waals surface area (Å²) >= 11 is 5.30. The number of aryl methyl sites for hydroxylation is 1. The van der Waals surface area contributed by atoms with Crippen LogP contribution in [0.4, 0.5) is 5.69 Å². The van der Waals surface area contributed by atoms with Crippen molar-refractivity contribution in [2.75, 3.05) is 18.3 Å². The summed E-state index contributed by atoms with van der Waals surface area (Å²) in [5.41, 5.74) is 3.03. The lowest BCUT2D eigenvalue weighted by Gasteiger charge is -2.30. The number of amides is 2. The fourth-order valence-corrected chi connectivity index (χ4v) is 3.62. The second kappa shape index (κ2) is 7.79. The Bertz CT molecular complexity index is 1110. The van der Waals surface area contributed by atoms with E-state index >= 15 is 0 Å². The van der Waals surface area contributed by atoms with E-state index in [4.69, 9.17) is 26.4 Å². The molecule has 0 bridgehead atoms. The predicted octanol–water partition coefficient (Wildman–Crippen LogP) is 3.26. The molecule has 0 unspecified atom stereocenters. The number of carbonyl (C=O) groups is 2. The van der Waals surface area contributed by atoms with Gasteiger partial charge in [-0.25, -0.2) is 0 Å². The van der Waals surface area contributed by atoms with Crippen LogP contribution in [0, 0.1) is 13.8 Å². The van der Waals surface area contributed by atoms with Crippen LogP contribution in [0.1, 0.15) is 23.6 Å². The first-order chi connectivity index (χ1) is 14.4. The number of benzene rings is 2. The molecule has 8 heteroatoms. The van der Waals surface area contributed by atoms with Gasteiger partial charge in [-0.15, -0.1) is 0 Å². The summed E-state index contributed by atoms with van der Waals surface area (Å²) in [5.74, 6) is 0.500. The zero-order chi connectivity index (χ0) is 21.4. The minimum Gasteiger partial charge on any atom is -0.493 e. The third kappa shape index (κ3) is 3.39. The number of fused-ring (bicyclic) bond motifs is 1. The van der Waals surface area contributed by atoms with Crippen LogP contribution in [0.3, 0.4) is 0 Å². The van der Waals surface area contributed by atoms with Gasteiger partial charge in [-0.1, -0.05) is 12.1 Å². The Balaban J connectivity index is 1.80. The molecule has 7 nitrogen and oxygen atoms in total.